The number of nitrogens with one attached hydrogen (secondary N) is 1. The van der Waals surface area contributed by atoms with E-state index in [1.54, 1.807) is 17.6 Å². The average Bonchev–Trinajstić information content (AvgIpc) is 2.90. The summed E-state index contributed by atoms with van der Waals surface area (Å²) in [5.41, 5.74) is -0.451. The minimum absolute atomic E-state index is 0.451. The first-order chi connectivity index (χ1) is 10.5. The zero-order valence-corrected chi connectivity index (χ0v) is 12.6. The van der Waals surface area contributed by atoms with Gasteiger partial charge >= 0.3 is 0 Å². The highest BCUT2D eigenvalue weighted by Gasteiger charge is 2.20. The zero-order chi connectivity index (χ0) is 16.1. The highest BCUT2D eigenvalue weighted by atomic mass is 32.2. The first-order valence-corrected chi connectivity index (χ1v) is 7.31. The van der Waals surface area contributed by atoms with Crippen LogP contribution in [0.15, 0.2) is 42.3 Å². The molecule has 1 atom stereocenters. The number of thioether (sulfide) groups is 1. The minimum Gasteiger partial charge on any atom is -0.320 e. The van der Waals surface area contributed by atoms with Crippen LogP contribution in [0.1, 0.15) is 6.92 Å². The Morgan fingerprint density at radius 1 is 1.50 bits per heavy atom. The van der Waals surface area contributed by atoms with Crippen molar-refractivity contribution in [2.24, 2.45) is 0 Å². The van der Waals surface area contributed by atoms with Crippen molar-refractivity contribution in [3.8, 4) is 0 Å². The Hall–Kier alpha value is -2.22. The molecule has 1 aromatic heterocycles. The van der Waals surface area contributed by atoms with Crippen molar-refractivity contribution in [2.45, 2.75) is 23.9 Å². The van der Waals surface area contributed by atoms with Gasteiger partial charge in [0.15, 0.2) is 5.16 Å². The molecule has 1 heterocycles. The summed E-state index contributed by atoms with van der Waals surface area (Å²) in [5, 5.41) is 9.83. The Labute approximate surface area is 130 Å². The van der Waals surface area contributed by atoms with E-state index in [1.807, 2.05) is 0 Å². The van der Waals surface area contributed by atoms with Gasteiger partial charge in [-0.3, -0.25) is 4.79 Å². The van der Waals surface area contributed by atoms with Crippen LogP contribution in [0, 0.1) is 11.6 Å². The molecule has 22 heavy (non-hydrogen) atoms. The van der Waals surface area contributed by atoms with Crippen LogP contribution in [0.25, 0.3) is 0 Å². The van der Waals surface area contributed by atoms with Gasteiger partial charge in [-0.25, -0.2) is 8.78 Å². The lowest BCUT2D eigenvalue weighted by Crippen LogP contribution is -2.24. The smallest absolute Gasteiger partial charge is 0.237 e. The average molecular weight is 324 g/mol. The van der Waals surface area contributed by atoms with Gasteiger partial charge in [0.2, 0.25) is 5.91 Å². The van der Waals surface area contributed by atoms with E-state index in [2.05, 4.69) is 22.1 Å². The van der Waals surface area contributed by atoms with Crippen LogP contribution in [0.3, 0.4) is 0 Å². The van der Waals surface area contributed by atoms with Crippen LogP contribution in [-0.4, -0.2) is 25.9 Å². The molecule has 8 heteroatoms. The third-order valence-corrected chi connectivity index (χ3v) is 3.86. The molecular weight excluding hydrogens is 310 g/mol. The summed E-state index contributed by atoms with van der Waals surface area (Å²) in [4.78, 5) is 12.1. The zero-order valence-electron chi connectivity index (χ0n) is 11.8. The number of halogens is 2. The van der Waals surface area contributed by atoms with E-state index < -0.39 is 28.5 Å². The van der Waals surface area contributed by atoms with E-state index in [4.69, 9.17) is 0 Å². The third kappa shape index (κ3) is 3.70. The van der Waals surface area contributed by atoms with Crippen molar-refractivity contribution < 1.29 is 13.6 Å². The maximum absolute atomic E-state index is 13.5. The fourth-order valence-electron chi connectivity index (χ4n) is 1.65. The van der Waals surface area contributed by atoms with Gasteiger partial charge in [0.25, 0.3) is 0 Å². The molecule has 2 aromatic rings. The second kappa shape index (κ2) is 7.17. The Balaban J connectivity index is 2.06. The SMILES string of the molecule is C=CCn1cnnc1S[C@@H](C)C(=O)Nc1c(F)cccc1F. The number of benzene rings is 1. The number of para-hydroxylation sites is 1. The van der Waals surface area contributed by atoms with E-state index >= 15 is 0 Å². The number of amides is 1. The summed E-state index contributed by atoms with van der Waals surface area (Å²) in [6.45, 7) is 5.74. The molecule has 0 fully saturated rings. The van der Waals surface area contributed by atoms with E-state index in [0.717, 1.165) is 23.9 Å². The lowest BCUT2D eigenvalue weighted by atomic mass is 10.3. The summed E-state index contributed by atoms with van der Waals surface area (Å²) >= 11 is 1.14. The Kier molecular flexibility index (Phi) is 5.26. The van der Waals surface area contributed by atoms with Crippen LogP contribution in [0.2, 0.25) is 0 Å². The number of rotatable bonds is 6. The molecule has 0 saturated heterocycles. The molecule has 0 unspecified atom stereocenters. The lowest BCUT2D eigenvalue weighted by Gasteiger charge is -2.12. The number of carbonyl (C=O) groups excluding carboxylic acids is 1. The number of anilines is 1. The van der Waals surface area contributed by atoms with E-state index in [-0.39, 0.29) is 0 Å². The minimum atomic E-state index is -0.819. The number of nitrogens with zero attached hydrogens (tertiary/aromatic N) is 3. The number of hydrogen-bond acceptors (Lipinski definition) is 4. The molecule has 116 valence electrons. The van der Waals surface area contributed by atoms with Crippen molar-refractivity contribution >= 4 is 23.4 Å². The van der Waals surface area contributed by atoms with Crippen molar-refractivity contribution in [3.63, 3.8) is 0 Å². The molecule has 0 saturated carbocycles. The number of hydrogen-bond donors (Lipinski definition) is 1. The van der Waals surface area contributed by atoms with Crippen LogP contribution < -0.4 is 5.32 Å². The monoisotopic (exact) mass is 324 g/mol. The quantitative estimate of drug-likeness (QED) is 0.656. The van der Waals surface area contributed by atoms with Crippen molar-refractivity contribution in [1.29, 1.82) is 0 Å². The Morgan fingerprint density at radius 2 is 2.18 bits per heavy atom. The highest BCUT2D eigenvalue weighted by Crippen LogP contribution is 2.24. The van der Waals surface area contributed by atoms with Crippen molar-refractivity contribution in [1.82, 2.24) is 14.8 Å². The maximum atomic E-state index is 13.5. The summed E-state index contributed by atoms with van der Waals surface area (Å²) < 4.78 is 28.7. The molecule has 1 amide bonds. The van der Waals surface area contributed by atoms with Gasteiger partial charge in [-0.1, -0.05) is 23.9 Å². The van der Waals surface area contributed by atoms with Gasteiger partial charge in [-0.05, 0) is 19.1 Å². The molecule has 0 aliphatic heterocycles. The lowest BCUT2D eigenvalue weighted by molar-refractivity contribution is -0.115. The molecule has 1 aromatic carbocycles. The second-order valence-electron chi connectivity index (χ2n) is 4.40. The second-order valence-corrected chi connectivity index (χ2v) is 5.71. The van der Waals surface area contributed by atoms with Crippen LogP contribution in [0.4, 0.5) is 14.5 Å². The van der Waals surface area contributed by atoms with Gasteiger partial charge in [-0.15, -0.1) is 16.8 Å². The van der Waals surface area contributed by atoms with E-state index in [1.165, 1.54) is 12.4 Å². The van der Waals surface area contributed by atoms with Gasteiger partial charge in [-0.2, -0.15) is 0 Å². The fraction of sp³-hybridized carbons (Fsp3) is 0.214. The molecule has 0 radical (unpaired) electrons. The van der Waals surface area contributed by atoms with Gasteiger partial charge in [0.1, 0.15) is 23.6 Å². The molecule has 0 bridgehead atoms. The molecule has 0 aliphatic rings. The third-order valence-electron chi connectivity index (χ3n) is 2.77. The summed E-state index contributed by atoms with van der Waals surface area (Å²) in [6.07, 6.45) is 3.19. The number of carbonyl (C=O) groups is 1. The Morgan fingerprint density at radius 3 is 2.82 bits per heavy atom. The predicted molar refractivity (Wildman–Crippen MR) is 80.5 cm³/mol. The summed E-state index contributed by atoms with van der Waals surface area (Å²) in [5.74, 6) is -2.16. The van der Waals surface area contributed by atoms with Gasteiger partial charge in [0.05, 0.1) is 5.25 Å². The molecule has 5 nitrogen and oxygen atoms in total. The van der Waals surface area contributed by atoms with Crippen LogP contribution >= 0.6 is 11.8 Å². The van der Waals surface area contributed by atoms with E-state index in [9.17, 15) is 13.6 Å². The van der Waals surface area contributed by atoms with E-state index in [0.29, 0.717) is 11.7 Å². The molecular formula is C14H14F2N4OS. The normalized spacial score (nSPS) is 12.0. The summed E-state index contributed by atoms with van der Waals surface area (Å²) in [6, 6.07) is 3.39. The standard InChI is InChI=1S/C14H14F2N4OS/c1-3-7-20-8-17-19-14(20)22-9(2)13(21)18-12-10(15)5-4-6-11(12)16/h3-6,8-9H,1,7H2,2H3,(H,18,21)/t9-/m0/s1. The topological polar surface area (TPSA) is 59.8 Å². The first-order valence-electron chi connectivity index (χ1n) is 6.43. The summed E-state index contributed by atoms with van der Waals surface area (Å²) in [7, 11) is 0. The van der Waals surface area contributed by atoms with Crippen LogP contribution in [0.5, 0.6) is 0 Å². The van der Waals surface area contributed by atoms with Gasteiger partial charge in [0, 0.05) is 6.54 Å². The number of aromatic nitrogens is 3. The van der Waals surface area contributed by atoms with Gasteiger partial charge < -0.3 is 9.88 Å². The molecule has 0 spiro atoms. The van der Waals surface area contributed by atoms with Crippen molar-refractivity contribution in [2.75, 3.05) is 5.32 Å². The molecule has 2 rings (SSSR count). The maximum Gasteiger partial charge on any atom is 0.237 e. The van der Waals surface area contributed by atoms with Crippen molar-refractivity contribution in [3.05, 3.63) is 48.8 Å². The largest absolute Gasteiger partial charge is 0.320 e. The Bertz CT molecular complexity index is 669. The molecule has 1 N–H and O–H groups in total. The predicted octanol–water partition coefficient (Wildman–Crippen LogP) is 2.86. The first kappa shape index (κ1) is 16.2. The molecule has 0 aliphatic carbocycles. The fourth-order valence-corrected chi connectivity index (χ4v) is 2.49. The number of allylic oxidation sites excluding steroid dienone is 1. The highest BCUT2D eigenvalue weighted by molar-refractivity contribution is 8.00. The van der Waals surface area contributed by atoms with Crippen LogP contribution in [-0.2, 0) is 11.3 Å².